The van der Waals surface area contributed by atoms with Crippen molar-refractivity contribution in [1.82, 2.24) is 15.2 Å². The summed E-state index contributed by atoms with van der Waals surface area (Å²) in [6, 6.07) is 0.227. The quantitative estimate of drug-likeness (QED) is 0.922. The minimum atomic E-state index is 0.101. The van der Waals surface area contributed by atoms with Crippen molar-refractivity contribution < 1.29 is 4.79 Å². The van der Waals surface area contributed by atoms with E-state index >= 15 is 0 Å². The topological polar surface area (TPSA) is 45.2 Å². The third-order valence-electron chi connectivity index (χ3n) is 4.86. The zero-order chi connectivity index (χ0) is 14.8. The van der Waals surface area contributed by atoms with Gasteiger partial charge in [-0.05, 0) is 43.4 Å². The fraction of sp³-hybridized carbons (Fsp3) is 0.750. The molecule has 1 aromatic rings. The van der Waals surface area contributed by atoms with E-state index in [1.54, 1.807) is 11.3 Å². The molecule has 3 rings (SSSR count). The number of hydrogen-bond donors (Lipinski definition) is 1. The first-order chi connectivity index (χ1) is 10.1. The zero-order valence-corrected chi connectivity index (χ0v) is 13.7. The van der Waals surface area contributed by atoms with E-state index in [2.05, 4.69) is 24.1 Å². The van der Waals surface area contributed by atoms with Gasteiger partial charge in [0.1, 0.15) is 5.01 Å². The molecule has 1 N–H and O–H groups in total. The van der Waals surface area contributed by atoms with Gasteiger partial charge in [0.05, 0.1) is 6.04 Å². The first-order valence-electron chi connectivity index (χ1n) is 8.10. The molecule has 0 bridgehead atoms. The lowest BCUT2D eigenvalue weighted by Crippen LogP contribution is -2.46. The monoisotopic (exact) mass is 307 g/mol. The van der Waals surface area contributed by atoms with Crippen LogP contribution >= 0.6 is 11.3 Å². The van der Waals surface area contributed by atoms with Gasteiger partial charge in [0.25, 0.3) is 0 Å². The molecule has 0 radical (unpaired) electrons. The lowest BCUT2D eigenvalue weighted by Gasteiger charge is -2.34. The van der Waals surface area contributed by atoms with Crippen LogP contribution in [0.4, 0.5) is 4.79 Å². The summed E-state index contributed by atoms with van der Waals surface area (Å²) in [6.07, 6.45) is 6.52. The molecule has 2 heterocycles. The maximum atomic E-state index is 12.5. The lowest BCUT2D eigenvalue weighted by molar-refractivity contribution is 0.153. The third kappa shape index (κ3) is 3.57. The van der Waals surface area contributed by atoms with Crippen LogP contribution in [0.25, 0.3) is 0 Å². The van der Waals surface area contributed by atoms with Crippen LogP contribution in [0.2, 0.25) is 0 Å². The Hall–Kier alpha value is -1.10. The summed E-state index contributed by atoms with van der Waals surface area (Å²) in [5, 5.41) is 6.28. The normalized spacial score (nSPS) is 21.6. The first-order valence-corrected chi connectivity index (χ1v) is 8.98. The van der Waals surface area contributed by atoms with E-state index in [4.69, 9.17) is 0 Å². The molecule has 4 nitrogen and oxygen atoms in total. The zero-order valence-electron chi connectivity index (χ0n) is 12.9. The van der Waals surface area contributed by atoms with Crippen molar-refractivity contribution >= 4 is 17.4 Å². The van der Waals surface area contributed by atoms with Crippen molar-refractivity contribution in [2.24, 2.45) is 17.8 Å². The molecule has 1 aromatic heterocycles. The van der Waals surface area contributed by atoms with Crippen molar-refractivity contribution in [1.29, 1.82) is 0 Å². The molecule has 0 unspecified atom stereocenters. The Labute approximate surface area is 130 Å². The highest BCUT2D eigenvalue weighted by Gasteiger charge is 2.36. The second-order valence-electron chi connectivity index (χ2n) is 6.70. The number of thiazole rings is 1. The molecule has 1 saturated carbocycles. The van der Waals surface area contributed by atoms with Gasteiger partial charge in [-0.1, -0.05) is 13.8 Å². The fourth-order valence-corrected chi connectivity index (χ4v) is 3.97. The third-order valence-corrected chi connectivity index (χ3v) is 5.72. The van der Waals surface area contributed by atoms with E-state index in [1.165, 1.54) is 12.8 Å². The van der Waals surface area contributed by atoms with Crippen molar-refractivity contribution in [2.75, 3.05) is 13.1 Å². The first kappa shape index (κ1) is 14.8. The highest BCUT2D eigenvalue weighted by molar-refractivity contribution is 7.09. The molecule has 2 amide bonds. The Bertz CT molecular complexity index is 462. The number of likely N-dealkylation sites (tertiary alicyclic amines) is 1. The average Bonchev–Trinajstić information content (AvgIpc) is 3.19. The Morgan fingerprint density at radius 2 is 2.00 bits per heavy atom. The molecule has 2 aliphatic rings. The van der Waals surface area contributed by atoms with E-state index in [1.807, 2.05) is 16.5 Å². The molecule has 0 aromatic carbocycles. The van der Waals surface area contributed by atoms with E-state index in [9.17, 15) is 4.79 Å². The van der Waals surface area contributed by atoms with Crippen LogP contribution in [0, 0.1) is 17.8 Å². The number of aromatic nitrogens is 1. The van der Waals surface area contributed by atoms with Crippen LogP contribution in [0.3, 0.4) is 0 Å². The second-order valence-corrected chi connectivity index (χ2v) is 7.63. The highest BCUT2D eigenvalue weighted by Crippen LogP contribution is 2.41. The van der Waals surface area contributed by atoms with Crippen LogP contribution in [-0.2, 0) is 0 Å². The number of piperidine rings is 1. The Kier molecular flexibility index (Phi) is 4.48. The molecule has 116 valence electrons. The van der Waals surface area contributed by atoms with Crippen LogP contribution in [-0.4, -0.2) is 29.0 Å². The van der Waals surface area contributed by atoms with Gasteiger partial charge in [0.2, 0.25) is 0 Å². The molecule has 2 fully saturated rings. The summed E-state index contributed by atoms with van der Waals surface area (Å²) in [4.78, 5) is 18.9. The number of amides is 2. The minimum absolute atomic E-state index is 0.101. The molecular formula is C16H25N3OS. The number of rotatable bonds is 4. The number of nitrogens with one attached hydrogen (secondary N) is 1. The van der Waals surface area contributed by atoms with E-state index in [-0.39, 0.29) is 12.1 Å². The van der Waals surface area contributed by atoms with Gasteiger partial charge in [-0.25, -0.2) is 9.78 Å². The number of urea groups is 1. The van der Waals surface area contributed by atoms with Crippen molar-refractivity contribution in [3.8, 4) is 0 Å². The molecule has 21 heavy (non-hydrogen) atoms. The maximum absolute atomic E-state index is 12.5. The standard InChI is InChI=1S/C16H25N3OS/c1-11(2)12-5-8-19(9-6-12)16(20)18-14(13-3-4-13)15-17-7-10-21-15/h7,10-14H,3-6,8-9H2,1-2H3,(H,18,20)/t14-/m1/s1. The molecule has 1 aliphatic carbocycles. The Balaban J connectivity index is 1.56. The SMILES string of the molecule is CC(C)C1CCN(C(=O)N[C@@H](c2nccs2)C2CC2)CC1. The van der Waals surface area contributed by atoms with Crippen LogP contribution in [0.5, 0.6) is 0 Å². The van der Waals surface area contributed by atoms with Crippen LogP contribution in [0.15, 0.2) is 11.6 Å². The largest absolute Gasteiger partial charge is 0.328 e. The summed E-state index contributed by atoms with van der Waals surface area (Å²) >= 11 is 1.65. The van der Waals surface area contributed by atoms with E-state index in [0.29, 0.717) is 5.92 Å². The predicted molar refractivity (Wildman–Crippen MR) is 85.2 cm³/mol. The van der Waals surface area contributed by atoms with Crippen LogP contribution in [0.1, 0.15) is 50.6 Å². The van der Waals surface area contributed by atoms with Gasteiger partial charge in [-0.15, -0.1) is 11.3 Å². The second kappa shape index (κ2) is 6.34. The summed E-state index contributed by atoms with van der Waals surface area (Å²) in [5.74, 6) is 2.09. The molecule has 1 aliphatic heterocycles. The Morgan fingerprint density at radius 3 is 2.52 bits per heavy atom. The van der Waals surface area contributed by atoms with Crippen LogP contribution < -0.4 is 5.32 Å². The van der Waals surface area contributed by atoms with Gasteiger partial charge in [-0.3, -0.25) is 0 Å². The highest BCUT2D eigenvalue weighted by atomic mass is 32.1. The van der Waals surface area contributed by atoms with Crippen molar-refractivity contribution in [2.45, 2.75) is 45.6 Å². The van der Waals surface area contributed by atoms with E-state index < -0.39 is 0 Å². The van der Waals surface area contributed by atoms with E-state index in [0.717, 1.165) is 42.8 Å². The molecule has 1 saturated heterocycles. The van der Waals surface area contributed by atoms with Gasteiger partial charge >= 0.3 is 6.03 Å². The summed E-state index contributed by atoms with van der Waals surface area (Å²) < 4.78 is 0. The molecule has 5 heteroatoms. The average molecular weight is 307 g/mol. The van der Waals surface area contributed by atoms with Gasteiger partial charge in [0, 0.05) is 24.7 Å². The summed E-state index contributed by atoms with van der Waals surface area (Å²) in [5.41, 5.74) is 0. The maximum Gasteiger partial charge on any atom is 0.317 e. The summed E-state index contributed by atoms with van der Waals surface area (Å²) in [6.45, 7) is 6.35. The molecule has 0 spiro atoms. The minimum Gasteiger partial charge on any atom is -0.328 e. The van der Waals surface area contributed by atoms with Gasteiger partial charge in [-0.2, -0.15) is 0 Å². The smallest absolute Gasteiger partial charge is 0.317 e. The number of carbonyl (C=O) groups is 1. The molecular weight excluding hydrogens is 282 g/mol. The predicted octanol–water partition coefficient (Wildman–Crippen LogP) is 3.67. The summed E-state index contributed by atoms with van der Waals surface area (Å²) in [7, 11) is 0. The number of carbonyl (C=O) groups excluding carboxylic acids is 1. The molecule has 1 atom stereocenters. The number of nitrogens with zero attached hydrogens (tertiary/aromatic N) is 2. The van der Waals surface area contributed by atoms with Gasteiger partial charge < -0.3 is 10.2 Å². The van der Waals surface area contributed by atoms with Crippen molar-refractivity contribution in [3.63, 3.8) is 0 Å². The number of hydrogen-bond acceptors (Lipinski definition) is 3. The van der Waals surface area contributed by atoms with Crippen molar-refractivity contribution in [3.05, 3.63) is 16.6 Å². The fourth-order valence-electron chi connectivity index (χ4n) is 3.19. The lowest BCUT2D eigenvalue weighted by atomic mass is 9.87. The van der Waals surface area contributed by atoms with Gasteiger partial charge in [0.15, 0.2) is 0 Å². The Morgan fingerprint density at radius 1 is 1.29 bits per heavy atom.